The van der Waals surface area contributed by atoms with E-state index in [1.165, 1.54) is 6.20 Å². The van der Waals surface area contributed by atoms with Gasteiger partial charge < -0.3 is 14.8 Å². The molecule has 0 aromatic carbocycles. The molecule has 1 heterocycles. The number of oxime groups is 1. The lowest BCUT2D eigenvalue weighted by Crippen LogP contribution is -2.25. The summed E-state index contributed by atoms with van der Waals surface area (Å²) in [7, 11) is 0. The maximum absolute atomic E-state index is 11.4. The van der Waals surface area contributed by atoms with Crippen LogP contribution in [0, 0.1) is 0 Å². The van der Waals surface area contributed by atoms with E-state index in [1.807, 2.05) is 0 Å². The quantitative estimate of drug-likeness (QED) is 0.249. The second kappa shape index (κ2) is 11.0. The molecule has 0 spiro atoms. The molecule has 0 unspecified atom stereocenters. The number of aromatic nitrogens is 1. The van der Waals surface area contributed by atoms with E-state index >= 15 is 0 Å². The van der Waals surface area contributed by atoms with Gasteiger partial charge in [0.2, 0.25) is 11.7 Å². The van der Waals surface area contributed by atoms with Crippen LogP contribution in [0.15, 0.2) is 23.5 Å². The van der Waals surface area contributed by atoms with Crippen LogP contribution in [-0.4, -0.2) is 53.3 Å². The van der Waals surface area contributed by atoms with Crippen LogP contribution in [0.3, 0.4) is 0 Å². The predicted molar refractivity (Wildman–Crippen MR) is 84.0 cm³/mol. The maximum Gasteiger partial charge on any atom is 0.213 e. The molecule has 0 amide bonds. The maximum atomic E-state index is 11.4. The van der Waals surface area contributed by atoms with Gasteiger partial charge in [-0.05, 0) is 25.6 Å². The Balaban J connectivity index is 0.00000400. The van der Waals surface area contributed by atoms with Crippen molar-refractivity contribution in [1.82, 2.24) is 9.88 Å². The van der Waals surface area contributed by atoms with E-state index in [0.717, 1.165) is 32.3 Å². The summed E-state index contributed by atoms with van der Waals surface area (Å²) in [5.74, 6) is 0.0927. The molecule has 0 radical (unpaired) electrons. The van der Waals surface area contributed by atoms with E-state index in [4.69, 9.17) is 9.94 Å². The number of hydrogen-bond donors (Lipinski definition) is 1. The first kappa shape index (κ1) is 19.3. The number of ether oxygens (including phenoxy) is 1. The minimum Gasteiger partial charge on any atom is -0.478 e. The molecule has 0 saturated heterocycles. The highest BCUT2D eigenvalue weighted by molar-refractivity contribution is 6.35. The van der Waals surface area contributed by atoms with Crippen LogP contribution in [0.5, 0.6) is 5.88 Å². The Hall–Kier alpha value is -1.66. The largest absolute Gasteiger partial charge is 0.478 e. The fourth-order valence-electron chi connectivity index (χ4n) is 1.74. The summed E-state index contributed by atoms with van der Waals surface area (Å²) in [5, 5.41) is 11.0. The average molecular weight is 316 g/mol. The van der Waals surface area contributed by atoms with Gasteiger partial charge in [0.15, 0.2) is 0 Å². The molecule has 7 heteroatoms. The summed E-state index contributed by atoms with van der Waals surface area (Å²) in [6, 6.07) is 3.23. The Labute approximate surface area is 131 Å². The van der Waals surface area contributed by atoms with E-state index in [0.29, 0.717) is 18.1 Å². The molecular formula is C14H22ClN3O3. The first-order valence-corrected chi connectivity index (χ1v) is 6.74. The number of ketones is 1. The molecule has 6 nitrogen and oxygen atoms in total. The van der Waals surface area contributed by atoms with Crippen LogP contribution >= 0.6 is 12.4 Å². The van der Waals surface area contributed by atoms with Crippen molar-refractivity contribution >= 4 is 24.4 Å². The zero-order valence-electron chi connectivity index (χ0n) is 12.4. The van der Waals surface area contributed by atoms with Crippen LogP contribution in [0.1, 0.15) is 30.6 Å². The lowest BCUT2D eigenvalue weighted by molar-refractivity contribution is 0.106. The minimum atomic E-state index is -0.395. The van der Waals surface area contributed by atoms with Gasteiger partial charge in [0.25, 0.3) is 0 Å². The fraction of sp³-hybridized carbons (Fsp3) is 0.500. The van der Waals surface area contributed by atoms with Crippen LogP contribution in [-0.2, 0) is 0 Å². The lowest BCUT2D eigenvalue weighted by atomic mass is 10.2. The van der Waals surface area contributed by atoms with Crippen LogP contribution in [0.2, 0.25) is 0 Å². The number of halogens is 1. The highest BCUT2D eigenvalue weighted by atomic mass is 35.5. The van der Waals surface area contributed by atoms with Crippen molar-refractivity contribution in [3.8, 4) is 5.88 Å². The third-order valence-corrected chi connectivity index (χ3v) is 2.96. The second-order valence-electron chi connectivity index (χ2n) is 4.22. The van der Waals surface area contributed by atoms with Gasteiger partial charge in [-0.3, -0.25) is 4.79 Å². The topological polar surface area (TPSA) is 75.0 Å². The molecule has 0 atom stereocenters. The van der Waals surface area contributed by atoms with Gasteiger partial charge in [-0.1, -0.05) is 19.0 Å². The molecule has 0 aliphatic heterocycles. The van der Waals surface area contributed by atoms with Crippen molar-refractivity contribution < 1.29 is 14.7 Å². The first-order valence-electron chi connectivity index (χ1n) is 6.74. The van der Waals surface area contributed by atoms with Gasteiger partial charge in [0.1, 0.15) is 6.21 Å². The third kappa shape index (κ3) is 7.06. The summed E-state index contributed by atoms with van der Waals surface area (Å²) in [6.45, 7) is 7.94. The number of carbonyl (C=O) groups is 1. The molecule has 21 heavy (non-hydrogen) atoms. The third-order valence-electron chi connectivity index (χ3n) is 2.96. The van der Waals surface area contributed by atoms with Gasteiger partial charge in [-0.25, -0.2) is 4.98 Å². The number of hydrogen-bond acceptors (Lipinski definition) is 6. The lowest BCUT2D eigenvalue weighted by Gasteiger charge is -2.17. The Bertz CT molecular complexity index is 434. The number of pyridine rings is 1. The van der Waals surface area contributed by atoms with Crippen molar-refractivity contribution in [3.63, 3.8) is 0 Å². The molecule has 0 aliphatic carbocycles. The summed E-state index contributed by atoms with van der Waals surface area (Å²) < 4.78 is 5.51. The SMILES string of the molecule is CCN(CC)CCCOc1ccc(C(=O)/C=N/O)cn1.Cl. The van der Waals surface area contributed by atoms with Gasteiger partial charge in [0, 0.05) is 24.4 Å². The van der Waals surface area contributed by atoms with E-state index in [2.05, 4.69) is 28.9 Å². The molecular weight excluding hydrogens is 294 g/mol. The monoisotopic (exact) mass is 315 g/mol. The molecule has 0 bridgehead atoms. The van der Waals surface area contributed by atoms with Crippen LogP contribution in [0.4, 0.5) is 0 Å². The van der Waals surface area contributed by atoms with Crippen molar-refractivity contribution in [1.29, 1.82) is 0 Å². The summed E-state index contributed by atoms with van der Waals surface area (Å²) in [4.78, 5) is 17.7. The highest BCUT2D eigenvalue weighted by Gasteiger charge is 2.04. The number of nitrogens with zero attached hydrogens (tertiary/aromatic N) is 3. The van der Waals surface area contributed by atoms with Gasteiger partial charge in [-0.15, -0.1) is 12.4 Å². The Kier molecular flexibility index (Phi) is 10.2. The number of Topliss-reactive ketones (excluding diaryl/α,β-unsaturated/α-hetero) is 1. The zero-order chi connectivity index (χ0) is 14.8. The van der Waals surface area contributed by atoms with Gasteiger partial charge in [-0.2, -0.15) is 0 Å². The molecule has 1 aromatic heterocycles. The minimum absolute atomic E-state index is 0. The average Bonchev–Trinajstić information content (AvgIpc) is 2.48. The zero-order valence-corrected chi connectivity index (χ0v) is 13.2. The second-order valence-corrected chi connectivity index (χ2v) is 4.22. The smallest absolute Gasteiger partial charge is 0.213 e. The van der Waals surface area contributed by atoms with Crippen molar-refractivity contribution in [3.05, 3.63) is 23.9 Å². The Morgan fingerprint density at radius 1 is 1.43 bits per heavy atom. The normalized spacial score (nSPS) is 10.6. The molecule has 1 rings (SSSR count). The molecule has 118 valence electrons. The van der Waals surface area contributed by atoms with E-state index in [1.54, 1.807) is 12.1 Å². The molecule has 0 aliphatic rings. The Morgan fingerprint density at radius 3 is 2.67 bits per heavy atom. The summed E-state index contributed by atoms with van der Waals surface area (Å²) in [5.41, 5.74) is 0.360. The van der Waals surface area contributed by atoms with E-state index in [-0.39, 0.29) is 12.4 Å². The van der Waals surface area contributed by atoms with Crippen LogP contribution in [0.25, 0.3) is 0 Å². The Morgan fingerprint density at radius 2 is 2.14 bits per heavy atom. The van der Waals surface area contributed by atoms with E-state index < -0.39 is 5.78 Å². The summed E-state index contributed by atoms with van der Waals surface area (Å²) in [6.07, 6.45) is 3.17. The van der Waals surface area contributed by atoms with Crippen molar-refractivity contribution in [2.75, 3.05) is 26.2 Å². The van der Waals surface area contributed by atoms with Gasteiger partial charge >= 0.3 is 0 Å². The van der Waals surface area contributed by atoms with Crippen molar-refractivity contribution in [2.24, 2.45) is 5.16 Å². The molecule has 0 fully saturated rings. The highest BCUT2D eigenvalue weighted by Crippen LogP contribution is 2.08. The van der Waals surface area contributed by atoms with Crippen molar-refractivity contribution in [2.45, 2.75) is 20.3 Å². The fourth-order valence-corrected chi connectivity index (χ4v) is 1.74. The predicted octanol–water partition coefficient (Wildman–Crippen LogP) is 2.26. The first-order chi connectivity index (χ1) is 9.71. The molecule has 1 N–H and O–H groups in total. The summed E-state index contributed by atoms with van der Waals surface area (Å²) >= 11 is 0. The number of rotatable bonds is 9. The van der Waals surface area contributed by atoms with E-state index in [9.17, 15) is 4.79 Å². The molecule has 0 saturated carbocycles. The standard InChI is InChI=1S/C14H21N3O3.ClH/c1-3-17(4-2)8-5-9-20-14-7-6-12(10-15-14)13(18)11-16-19;/h6-7,10-11,19H,3-5,8-9H2,1-2H3;1H/b16-11+;. The number of carbonyl (C=O) groups excluding carboxylic acids is 1. The van der Waals surface area contributed by atoms with Crippen LogP contribution < -0.4 is 4.74 Å². The van der Waals surface area contributed by atoms with Gasteiger partial charge in [0.05, 0.1) is 6.61 Å². The molecule has 1 aromatic rings.